The van der Waals surface area contributed by atoms with E-state index in [1.165, 1.54) is 15.3 Å². The van der Waals surface area contributed by atoms with Crippen molar-refractivity contribution in [3.05, 3.63) is 79.0 Å². The van der Waals surface area contributed by atoms with Crippen LogP contribution < -0.4 is 21.9 Å². The van der Waals surface area contributed by atoms with E-state index in [1.54, 1.807) is 15.9 Å². The highest BCUT2D eigenvalue weighted by Gasteiger charge is 2.34. The van der Waals surface area contributed by atoms with Gasteiger partial charge in [0.15, 0.2) is 5.82 Å². The molecule has 0 spiro atoms. The minimum Gasteiger partial charge on any atom is -0.368 e. The molecule has 0 bridgehead atoms. The molecule has 5 rings (SSSR count). The zero-order chi connectivity index (χ0) is 23.1. The summed E-state index contributed by atoms with van der Waals surface area (Å²) < 4.78 is 1.60. The maximum atomic E-state index is 13.5. The van der Waals surface area contributed by atoms with E-state index in [-0.39, 0.29) is 23.3 Å². The second-order valence-corrected chi connectivity index (χ2v) is 10.0. The Labute approximate surface area is 197 Å². The average Bonchev–Trinajstić information content (AvgIpc) is 3.54. The number of nitrogens with zero attached hydrogens (tertiary/aromatic N) is 2. The summed E-state index contributed by atoms with van der Waals surface area (Å²) in [6.45, 7) is 6.01. The Morgan fingerprint density at radius 3 is 2.82 bits per heavy atom. The highest BCUT2D eigenvalue weighted by molar-refractivity contribution is 7.12. The van der Waals surface area contributed by atoms with Gasteiger partial charge in [0.2, 0.25) is 5.91 Å². The minimum atomic E-state index is -0.628. The third-order valence-corrected chi connectivity index (χ3v) is 8.17. The molecule has 1 unspecified atom stereocenters. The van der Waals surface area contributed by atoms with Crippen molar-refractivity contribution in [3.8, 4) is 0 Å². The first-order valence-corrected chi connectivity index (χ1v) is 12.4. The molecule has 172 valence electrons. The topological polar surface area (TPSA) is 102 Å². The van der Waals surface area contributed by atoms with Gasteiger partial charge in [-0.1, -0.05) is 44.2 Å². The molecule has 1 amide bonds. The summed E-state index contributed by atoms with van der Waals surface area (Å²) in [5.41, 5.74) is 9.55. The molecule has 2 aromatic heterocycles. The SMILES string of the molecule is CC[C@@H](Nc1nc([C@@H](C)c2cc3c(s2)CNC3)c2n(c1=O)C(C(N)=O)CC2)c1ccccc1. The summed E-state index contributed by atoms with van der Waals surface area (Å²) in [7, 11) is 0. The van der Waals surface area contributed by atoms with E-state index in [1.807, 2.05) is 30.3 Å². The fraction of sp³-hybridized carbons (Fsp3) is 0.400. The van der Waals surface area contributed by atoms with Crippen molar-refractivity contribution in [2.75, 3.05) is 5.32 Å². The van der Waals surface area contributed by atoms with E-state index >= 15 is 0 Å². The quantitative estimate of drug-likeness (QED) is 0.497. The number of carbonyl (C=O) groups is 1. The number of hydrogen-bond donors (Lipinski definition) is 3. The normalized spacial score (nSPS) is 18.5. The van der Waals surface area contributed by atoms with Crippen molar-refractivity contribution >= 4 is 23.1 Å². The van der Waals surface area contributed by atoms with E-state index in [0.717, 1.165) is 36.5 Å². The predicted octanol–water partition coefficient (Wildman–Crippen LogP) is 3.60. The summed E-state index contributed by atoms with van der Waals surface area (Å²) in [6.07, 6.45) is 1.95. The Morgan fingerprint density at radius 2 is 2.12 bits per heavy atom. The van der Waals surface area contributed by atoms with Crippen LogP contribution in [0.4, 0.5) is 5.82 Å². The largest absolute Gasteiger partial charge is 0.368 e. The molecule has 3 atom stereocenters. The standard InChI is InChI=1S/C25H29N5O2S/c1-3-17(15-7-5-4-6-8-15)28-24-25(32)30-18(9-10-19(30)23(26)31)22(29-24)14(2)20-11-16-12-27-13-21(16)33-20/h4-8,11,14,17,19,27H,3,9-10,12-13H2,1-2H3,(H2,26,31)(H,28,29)/t14-,17+,19?/m0/s1. The van der Waals surface area contributed by atoms with E-state index in [9.17, 15) is 9.59 Å². The number of fused-ring (bicyclic) bond motifs is 2. The lowest BCUT2D eigenvalue weighted by atomic mass is 10.0. The molecular formula is C25H29N5O2S. The summed E-state index contributed by atoms with van der Waals surface area (Å²) in [6, 6.07) is 11.6. The summed E-state index contributed by atoms with van der Waals surface area (Å²) in [4.78, 5) is 33.2. The number of nitrogens with two attached hydrogens (primary N) is 1. The number of hydrogen-bond acceptors (Lipinski definition) is 6. The van der Waals surface area contributed by atoms with Gasteiger partial charge in [-0.2, -0.15) is 0 Å². The van der Waals surface area contributed by atoms with Crippen LogP contribution in [-0.2, 0) is 24.3 Å². The molecular weight excluding hydrogens is 434 g/mol. The minimum absolute atomic E-state index is 0.0198. The fourth-order valence-electron chi connectivity index (χ4n) is 5.00. The van der Waals surface area contributed by atoms with Crippen LogP contribution in [0.5, 0.6) is 0 Å². The van der Waals surface area contributed by atoms with Gasteiger partial charge in [0, 0.05) is 34.5 Å². The average molecular weight is 464 g/mol. The lowest BCUT2D eigenvalue weighted by molar-refractivity contribution is -0.121. The van der Waals surface area contributed by atoms with Gasteiger partial charge in [0.05, 0.1) is 11.7 Å². The molecule has 0 saturated heterocycles. The molecule has 0 aliphatic carbocycles. The summed E-state index contributed by atoms with van der Waals surface area (Å²) in [5.74, 6) is -0.162. The van der Waals surface area contributed by atoms with Crippen molar-refractivity contribution in [1.82, 2.24) is 14.9 Å². The molecule has 0 radical (unpaired) electrons. The highest BCUT2D eigenvalue weighted by Crippen LogP contribution is 2.38. The molecule has 0 saturated carbocycles. The molecule has 33 heavy (non-hydrogen) atoms. The number of benzene rings is 1. The maximum absolute atomic E-state index is 13.5. The van der Waals surface area contributed by atoms with E-state index in [4.69, 9.17) is 10.7 Å². The van der Waals surface area contributed by atoms with Gasteiger partial charge in [-0.05, 0) is 36.5 Å². The smallest absolute Gasteiger partial charge is 0.294 e. The zero-order valence-electron chi connectivity index (χ0n) is 18.9. The van der Waals surface area contributed by atoms with Gasteiger partial charge in [0.25, 0.3) is 5.56 Å². The second kappa shape index (κ2) is 8.76. The van der Waals surface area contributed by atoms with Crippen LogP contribution in [0.3, 0.4) is 0 Å². The van der Waals surface area contributed by atoms with E-state index < -0.39 is 11.9 Å². The Bertz CT molecular complexity index is 1230. The number of thiophene rings is 1. The first kappa shape index (κ1) is 21.9. The molecule has 1 aromatic carbocycles. The molecule has 7 nitrogen and oxygen atoms in total. The van der Waals surface area contributed by atoms with Gasteiger partial charge in [-0.25, -0.2) is 4.98 Å². The van der Waals surface area contributed by atoms with Gasteiger partial charge in [0.1, 0.15) is 6.04 Å². The van der Waals surface area contributed by atoms with Crippen LogP contribution in [0, 0.1) is 0 Å². The first-order chi connectivity index (χ1) is 16.0. The number of aromatic nitrogens is 2. The van der Waals surface area contributed by atoms with E-state index in [0.29, 0.717) is 12.8 Å². The van der Waals surface area contributed by atoms with Crippen LogP contribution in [0.2, 0.25) is 0 Å². The molecule has 2 aliphatic heterocycles. The Balaban J connectivity index is 1.60. The lowest BCUT2D eigenvalue weighted by Gasteiger charge is -2.22. The Kier molecular flexibility index (Phi) is 5.80. The monoisotopic (exact) mass is 463 g/mol. The highest BCUT2D eigenvalue weighted by atomic mass is 32.1. The number of anilines is 1. The number of carbonyl (C=O) groups excluding carboxylic acids is 1. The first-order valence-electron chi connectivity index (χ1n) is 11.6. The molecule has 4 N–H and O–H groups in total. The molecule has 3 aromatic rings. The van der Waals surface area contributed by atoms with Crippen molar-refractivity contribution in [2.45, 2.75) is 64.2 Å². The zero-order valence-corrected chi connectivity index (χ0v) is 19.7. The van der Waals surface area contributed by atoms with Crippen LogP contribution in [-0.4, -0.2) is 15.5 Å². The van der Waals surface area contributed by atoms with E-state index in [2.05, 4.69) is 30.5 Å². The van der Waals surface area contributed by atoms with Crippen LogP contribution >= 0.6 is 11.3 Å². The van der Waals surface area contributed by atoms with Crippen molar-refractivity contribution in [3.63, 3.8) is 0 Å². The third-order valence-electron chi connectivity index (χ3n) is 6.81. The van der Waals surface area contributed by atoms with Crippen LogP contribution in [0.25, 0.3) is 0 Å². The van der Waals surface area contributed by atoms with Gasteiger partial charge in [-0.15, -0.1) is 11.3 Å². The summed E-state index contributed by atoms with van der Waals surface area (Å²) in [5, 5.41) is 6.77. The number of primary amides is 1. The molecule has 2 aliphatic rings. The van der Waals surface area contributed by atoms with Gasteiger partial charge < -0.3 is 16.4 Å². The lowest BCUT2D eigenvalue weighted by Crippen LogP contribution is -2.35. The number of rotatable bonds is 7. The van der Waals surface area contributed by atoms with Crippen molar-refractivity contribution < 1.29 is 4.79 Å². The Hall–Kier alpha value is -2.97. The van der Waals surface area contributed by atoms with Gasteiger partial charge >= 0.3 is 0 Å². The maximum Gasteiger partial charge on any atom is 0.294 e. The fourth-order valence-corrected chi connectivity index (χ4v) is 6.21. The van der Waals surface area contributed by atoms with Crippen LogP contribution in [0.1, 0.15) is 77.0 Å². The predicted molar refractivity (Wildman–Crippen MR) is 131 cm³/mol. The van der Waals surface area contributed by atoms with Crippen LogP contribution in [0.15, 0.2) is 41.2 Å². The third kappa shape index (κ3) is 3.87. The van der Waals surface area contributed by atoms with Crippen molar-refractivity contribution in [1.29, 1.82) is 0 Å². The van der Waals surface area contributed by atoms with Crippen molar-refractivity contribution in [2.24, 2.45) is 5.73 Å². The summed E-state index contributed by atoms with van der Waals surface area (Å²) >= 11 is 1.80. The number of nitrogens with one attached hydrogen (secondary N) is 2. The second-order valence-electron chi connectivity index (χ2n) is 8.86. The van der Waals surface area contributed by atoms with Gasteiger partial charge in [-0.3, -0.25) is 14.2 Å². The number of amides is 1. The molecule has 0 fully saturated rings. The molecule has 8 heteroatoms. The Morgan fingerprint density at radius 1 is 1.33 bits per heavy atom. The molecule has 4 heterocycles.